The number of hydrogen-bond donors (Lipinski definition) is 2. The lowest BCUT2D eigenvalue weighted by Crippen LogP contribution is -2.32. The molecule has 0 aliphatic rings. The molecule has 3 N–H and O–H groups in total. The average Bonchev–Trinajstić information content (AvgIpc) is 2.48. The van der Waals surface area contributed by atoms with Gasteiger partial charge in [0.15, 0.2) is 0 Å². The molecule has 21 heavy (non-hydrogen) atoms. The zero-order valence-electron chi connectivity index (χ0n) is 11.0. The van der Waals surface area contributed by atoms with E-state index in [0.717, 1.165) is 5.56 Å². The molecule has 0 amide bonds. The summed E-state index contributed by atoms with van der Waals surface area (Å²) >= 11 is 6.51. The number of halogens is 2. The van der Waals surface area contributed by atoms with Gasteiger partial charge in [-0.05, 0) is 39.7 Å². The maximum absolute atomic E-state index is 12.3. The molecule has 2 rings (SSSR count). The molecule has 0 aliphatic heterocycles. The normalized spacial score (nSPS) is 13.1. The second-order valence-electron chi connectivity index (χ2n) is 4.44. The monoisotopic (exact) mass is 432 g/mol. The Hall–Kier alpha value is -0.730. The van der Waals surface area contributed by atoms with Gasteiger partial charge in [0.2, 0.25) is 10.0 Å². The second-order valence-corrected chi connectivity index (χ2v) is 7.95. The lowest BCUT2D eigenvalue weighted by Gasteiger charge is -2.14. The fourth-order valence-corrected chi connectivity index (χ4v) is 4.34. The number of sulfonamides is 1. The summed E-state index contributed by atoms with van der Waals surface area (Å²) in [7, 11) is -3.62. The molecule has 2 aromatic rings. The van der Waals surface area contributed by atoms with E-state index in [9.17, 15) is 8.42 Å². The molecular weight excluding hydrogens is 420 g/mol. The molecule has 112 valence electrons. The number of nitrogens with one attached hydrogen (secondary N) is 1. The number of rotatable bonds is 5. The number of benzene rings is 2. The van der Waals surface area contributed by atoms with Crippen LogP contribution in [0.3, 0.4) is 0 Å². The fourth-order valence-electron chi connectivity index (χ4n) is 1.78. The van der Waals surface area contributed by atoms with Gasteiger partial charge in [0.05, 0.1) is 4.90 Å². The van der Waals surface area contributed by atoms with Gasteiger partial charge >= 0.3 is 0 Å². The highest BCUT2D eigenvalue weighted by Gasteiger charge is 2.19. The van der Waals surface area contributed by atoms with Crippen LogP contribution in [0.5, 0.6) is 0 Å². The molecule has 7 heteroatoms. The zero-order valence-corrected chi connectivity index (χ0v) is 14.9. The maximum atomic E-state index is 12.3. The molecule has 1 unspecified atom stereocenters. The van der Waals surface area contributed by atoms with E-state index < -0.39 is 16.1 Å². The standard InChI is InChI=1S/C14H14Br2N2O2S/c15-11-6-7-12(16)14(8-11)21(19,20)18-9-13(17)10-4-2-1-3-5-10/h1-8,13,18H,9,17H2. The Balaban J connectivity index is 2.13. The first-order valence-electron chi connectivity index (χ1n) is 6.15. The fraction of sp³-hybridized carbons (Fsp3) is 0.143. The number of hydrogen-bond acceptors (Lipinski definition) is 3. The van der Waals surface area contributed by atoms with Gasteiger partial charge in [0.25, 0.3) is 0 Å². The summed E-state index contributed by atoms with van der Waals surface area (Å²) in [5.74, 6) is 0. The first-order chi connectivity index (χ1) is 9.90. The van der Waals surface area contributed by atoms with Crippen molar-refractivity contribution < 1.29 is 8.42 Å². The minimum atomic E-state index is -3.62. The smallest absolute Gasteiger partial charge is 0.241 e. The Morgan fingerprint density at radius 1 is 1.10 bits per heavy atom. The van der Waals surface area contributed by atoms with Crippen molar-refractivity contribution in [1.29, 1.82) is 0 Å². The summed E-state index contributed by atoms with van der Waals surface area (Å²) in [6.07, 6.45) is 0. The van der Waals surface area contributed by atoms with Crippen molar-refractivity contribution in [2.75, 3.05) is 6.54 Å². The Bertz CT molecular complexity index is 721. The van der Waals surface area contributed by atoms with Crippen molar-refractivity contribution >= 4 is 41.9 Å². The first kappa shape index (κ1) is 16.6. The Kier molecular flexibility index (Phi) is 5.56. The van der Waals surface area contributed by atoms with E-state index in [-0.39, 0.29) is 11.4 Å². The van der Waals surface area contributed by atoms with Gasteiger partial charge in [0.1, 0.15) is 0 Å². The van der Waals surface area contributed by atoms with Crippen LogP contribution in [-0.4, -0.2) is 15.0 Å². The van der Waals surface area contributed by atoms with Crippen molar-refractivity contribution in [2.24, 2.45) is 5.73 Å². The van der Waals surface area contributed by atoms with Crippen LogP contribution in [0, 0.1) is 0 Å². The van der Waals surface area contributed by atoms with Crippen LogP contribution in [0.15, 0.2) is 62.4 Å². The molecule has 4 nitrogen and oxygen atoms in total. The summed E-state index contributed by atoms with van der Waals surface area (Å²) in [6.45, 7) is 0.130. The van der Waals surface area contributed by atoms with Crippen LogP contribution >= 0.6 is 31.9 Å². The van der Waals surface area contributed by atoms with E-state index in [0.29, 0.717) is 8.95 Å². The quantitative estimate of drug-likeness (QED) is 0.760. The molecule has 0 spiro atoms. The lowest BCUT2D eigenvalue weighted by molar-refractivity contribution is 0.572. The predicted molar refractivity (Wildman–Crippen MR) is 90.4 cm³/mol. The zero-order chi connectivity index (χ0) is 15.5. The lowest BCUT2D eigenvalue weighted by atomic mass is 10.1. The summed E-state index contributed by atoms with van der Waals surface area (Å²) in [4.78, 5) is 0.178. The average molecular weight is 434 g/mol. The topological polar surface area (TPSA) is 72.2 Å². The van der Waals surface area contributed by atoms with Crippen LogP contribution in [0.4, 0.5) is 0 Å². The molecule has 0 aromatic heterocycles. The third kappa shape index (κ3) is 4.37. The largest absolute Gasteiger partial charge is 0.323 e. The SMILES string of the molecule is NC(CNS(=O)(=O)c1cc(Br)ccc1Br)c1ccccc1. The highest BCUT2D eigenvalue weighted by Crippen LogP contribution is 2.25. The molecule has 0 radical (unpaired) electrons. The van der Waals surface area contributed by atoms with E-state index >= 15 is 0 Å². The van der Waals surface area contributed by atoms with Crippen LogP contribution < -0.4 is 10.5 Å². The van der Waals surface area contributed by atoms with Crippen LogP contribution in [-0.2, 0) is 10.0 Å². The van der Waals surface area contributed by atoms with E-state index in [2.05, 4.69) is 36.6 Å². The van der Waals surface area contributed by atoms with Gasteiger partial charge in [-0.1, -0.05) is 46.3 Å². The van der Waals surface area contributed by atoms with Gasteiger partial charge in [-0.3, -0.25) is 0 Å². The molecule has 0 saturated carbocycles. The van der Waals surface area contributed by atoms with Crippen LogP contribution in [0.25, 0.3) is 0 Å². The second kappa shape index (κ2) is 7.02. The van der Waals surface area contributed by atoms with Crippen molar-refractivity contribution in [1.82, 2.24) is 4.72 Å². The molecule has 1 atom stereocenters. The highest BCUT2D eigenvalue weighted by molar-refractivity contribution is 9.11. The van der Waals surface area contributed by atoms with Crippen molar-refractivity contribution in [2.45, 2.75) is 10.9 Å². The highest BCUT2D eigenvalue weighted by atomic mass is 79.9. The van der Waals surface area contributed by atoms with E-state index in [1.54, 1.807) is 18.2 Å². The summed E-state index contributed by atoms with van der Waals surface area (Å²) in [5.41, 5.74) is 6.88. The molecule has 2 aromatic carbocycles. The minimum absolute atomic E-state index is 0.130. The van der Waals surface area contributed by atoms with Gasteiger partial charge in [0, 0.05) is 21.5 Å². The summed E-state index contributed by atoms with van der Waals surface area (Å²) in [6, 6.07) is 14.0. The van der Waals surface area contributed by atoms with E-state index in [1.165, 1.54) is 0 Å². The van der Waals surface area contributed by atoms with Gasteiger partial charge in [-0.2, -0.15) is 0 Å². The van der Waals surface area contributed by atoms with Gasteiger partial charge in [-0.25, -0.2) is 13.1 Å². The Labute approximate surface area is 141 Å². The maximum Gasteiger partial charge on any atom is 0.241 e. The van der Waals surface area contributed by atoms with E-state index in [4.69, 9.17) is 5.73 Å². The van der Waals surface area contributed by atoms with E-state index in [1.807, 2.05) is 30.3 Å². The first-order valence-corrected chi connectivity index (χ1v) is 9.22. The van der Waals surface area contributed by atoms with Gasteiger partial charge < -0.3 is 5.73 Å². The third-order valence-electron chi connectivity index (χ3n) is 2.90. The molecule has 0 heterocycles. The number of nitrogens with two attached hydrogens (primary N) is 1. The molecule has 0 saturated heterocycles. The summed E-state index contributed by atoms with van der Waals surface area (Å²) in [5, 5.41) is 0. The molecule has 0 bridgehead atoms. The predicted octanol–water partition coefficient (Wildman–Crippen LogP) is 3.19. The Morgan fingerprint density at radius 2 is 1.76 bits per heavy atom. The summed E-state index contributed by atoms with van der Waals surface area (Å²) < 4.78 is 28.4. The van der Waals surface area contributed by atoms with Crippen LogP contribution in [0.2, 0.25) is 0 Å². The van der Waals surface area contributed by atoms with Crippen molar-refractivity contribution in [3.8, 4) is 0 Å². The third-order valence-corrected chi connectivity index (χ3v) is 5.81. The van der Waals surface area contributed by atoms with Crippen molar-refractivity contribution in [3.05, 3.63) is 63.0 Å². The van der Waals surface area contributed by atoms with Gasteiger partial charge in [-0.15, -0.1) is 0 Å². The molecule has 0 fully saturated rings. The molecular formula is C14H14Br2N2O2S. The van der Waals surface area contributed by atoms with Crippen molar-refractivity contribution in [3.63, 3.8) is 0 Å². The van der Waals surface area contributed by atoms with Crippen LogP contribution in [0.1, 0.15) is 11.6 Å². The minimum Gasteiger partial charge on any atom is -0.323 e. The Morgan fingerprint density at radius 3 is 2.43 bits per heavy atom. The molecule has 0 aliphatic carbocycles.